The van der Waals surface area contributed by atoms with E-state index in [1.807, 2.05) is 0 Å². The zero-order chi connectivity index (χ0) is 15.3. The number of carbonyl (C=O) groups is 2. The number of amides is 2. The predicted molar refractivity (Wildman–Crippen MR) is 74.9 cm³/mol. The standard InChI is InChI=1S/C14H24N2O5/c1-16(8-5-12(17)18)13(19)15-9-11-10-20-14(21-11)6-3-2-4-7-14/h11H,2-10H2,1H3,(H,15,19)(H,17,18). The summed E-state index contributed by atoms with van der Waals surface area (Å²) in [7, 11) is 1.58. The molecule has 1 spiro atoms. The molecule has 7 heteroatoms. The number of hydrogen-bond donors (Lipinski definition) is 2. The molecule has 1 unspecified atom stereocenters. The lowest BCUT2D eigenvalue weighted by Crippen LogP contribution is -2.43. The molecule has 0 aromatic heterocycles. The van der Waals surface area contributed by atoms with Gasteiger partial charge in [0.1, 0.15) is 6.10 Å². The van der Waals surface area contributed by atoms with Gasteiger partial charge in [-0.05, 0) is 12.8 Å². The Morgan fingerprint density at radius 1 is 1.33 bits per heavy atom. The van der Waals surface area contributed by atoms with E-state index in [-0.39, 0.29) is 25.1 Å². The number of ether oxygens (including phenoxy) is 2. The minimum absolute atomic E-state index is 0.0595. The average molecular weight is 300 g/mol. The molecule has 21 heavy (non-hydrogen) atoms. The Morgan fingerprint density at radius 2 is 2.05 bits per heavy atom. The summed E-state index contributed by atoms with van der Waals surface area (Å²) in [4.78, 5) is 23.6. The first-order valence-electron chi connectivity index (χ1n) is 7.53. The first kappa shape index (κ1) is 16.0. The fraction of sp³-hybridized carbons (Fsp3) is 0.857. The average Bonchev–Trinajstić information content (AvgIpc) is 2.85. The minimum atomic E-state index is -0.915. The van der Waals surface area contributed by atoms with Gasteiger partial charge in [-0.2, -0.15) is 0 Å². The van der Waals surface area contributed by atoms with Gasteiger partial charge in [0.2, 0.25) is 0 Å². The highest BCUT2D eigenvalue weighted by atomic mass is 16.7. The monoisotopic (exact) mass is 300 g/mol. The van der Waals surface area contributed by atoms with Crippen LogP contribution in [0.2, 0.25) is 0 Å². The Labute approximate surface area is 124 Å². The maximum atomic E-state index is 11.8. The van der Waals surface area contributed by atoms with Crippen molar-refractivity contribution < 1.29 is 24.2 Å². The van der Waals surface area contributed by atoms with Gasteiger partial charge in [-0.1, -0.05) is 6.42 Å². The number of carbonyl (C=O) groups excluding carboxylic acids is 1. The third-order valence-electron chi connectivity index (χ3n) is 4.02. The number of urea groups is 1. The van der Waals surface area contributed by atoms with E-state index in [2.05, 4.69) is 5.32 Å². The van der Waals surface area contributed by atoms with Crippen molar-refractivity contribution in [2.24, 2.45) is 0 Å². The lowest BCUT2D eigenvalue weighted by Gasteiger charge is -2.31. The van der Waals surface area contributed by atoms with Crippen LogP contribution in [0.1, 0.15) is 38.5 Å². The van der Waals surface area contributed by atoms with Crippen molar-refractivity contribution >= 4 is 12.0 Å². The van der Waals surface area contributed by atoms with Crippen LogP contribution in [0, 0.1) is 0 Å². The lowest BCUT2D eigenvalue weighted by molar-refractivity contribution is -0.186. The van der Waals surface area contributed by atoms with Gasteiger partial charge >= 0.3 is 12.0 Å². The maximum Gasteiger partial charge on any atom is 0.317 e. The Bertz CT molecular complexity index is 382. The Kier molecular flexibility index (Phi) is 5.41. The molecule has 1 atom stereocenters. The van der Waals surface area contributed by atoms with Crippen molar-refractivity contribution in [1.82, 2.24) is 10.2 Å². The third kappa shape index (κ3) is 4.57. The van der Waals surface area contributed by atoms with Gasteiger partial charge in [0.05, 0.1) is 13.0 Å². The number of nitrogens with zero attached hydrogens (tertiary/aromatic N) is 1. The van der Waals surface area contributed by atoms with E-state index in [4.69, 9.17) is 14.6 Å². The van der Waals surface area contributed by atoms with Crippen LogP contribution < -0.4 is 5.32 Å². The smallest absolute Gasteiger partial charge is 0.317 e. The topological polar surface area (TPSA) is 88.1 Å². The van der Waals surface area contributed by atoms with E-state index in [0.717, 1.165) is 25.7 Å². The molecular formula is C14H24N2O5. The molecule has 1 aliphatic heterocycles. The number of carboxylic acid groups (broad SMARTS) is 1. The van der Waals surface area contributed by atoms with Crippen LogP contribution in [0.5, 0.6) is 0 Å². The number of rotatable bonds is 5. The van der Waals surface area contributed by atoms with Crippen LogP contribution >= 0.6 is 0 Å². The van der Waals surface area contributed by atoms with Crippen molar-refractivity contribution in [3.8, 4) is 0 Å². The molecule has 2 fully saturated rings. The van der Waals surface area contributed by atoms with Crippen LogP contribution in [0.3, 0.4) is 0 Å². The molecule has 0 aromatic rings. The van der Waals surface area contributed by atoms with E-state index < -0.39 is 11.8 Å². The molecule has 2 N–H and O–H groups in total. The van der Waals surface area contributed by atoms with Crippen LogP contribution in [-0.2, 0) is 14.3 Å². The second kappa shape index (κ2) is 7.09. The highest BCUT2D eigenvalue weighted by molar-refractivity contribution is 5.75. The second-order valence-corrected chi connectivity index (χ2v) is 5.77. The number of aliphatic carboxylic acids is 1. The van der Waals surface area contributed by atoms with Crippen molar-refractivity contribution in [2.45, 2.75) is 50.4 Å². The molecule has 7 nitrogen and oxygen atoms in total. The van der Waals surface area contributed by atoms with Crippen LogP contribution in [-0.4, -0.2) is 60.6 Å². The van der Waals surface area contributed by atoms with E-state index in [9.17, 15) is 9.59 Å². The van der Waals surface area contributed by atoms with Crippen molar-refractivity contribution in [2.75, 3.05) is 26.7 Å². The second-order valence-electron chi connectivity index (χ2n) is 5.77. The molecule has 0 radical (unpaired) electrons. The molecule has 1 saturated carbocycles. The molecule has 120 valence electrons. The number of carboxylic acids is 1. The molecule has 2 aliphatic rings. The highest BCUT2D eigenvalue weighted by Crippen LogP contribution is 2.37. The fourth-order valence-corrected chi connectivity index (χ4v) is 2.77. The molecule has 1 saturated heterocycles. The normalized spacial score (nSPS) is 24.0. The quantitative estimate of drug-likeness (QED) is 0.796. The summed E-state index contributed by atoms with van der Waals surface area (Å²) in [6.45, 7) is 1.07. The summed E-state index contributed by atoms with van der Waals surface area (Å²) in [5.41, 5.74) is 0. The van der Waals surface area contributed by atoms with Crippen LogP contribution in [0.4, 0.5) is 4.79 Å². The molecule has 0 aromatic carbocycles. The summed E-state index contributed by atoms with van der Waals surface area (Å²) in [6, 6.07) is -0.288. The minimum Gasteiger partial charge on any atom is -0.481 e. The van der Waals surface area contributed by atoms with Crippen molar-refractivity contribution in [1.29, 1.82) is 0 Å². The molecular weight excluding hydrogens is 276 g/mol. The van der Waals surface area contributed by atoms with Gasteiger partial charge < -0.3 is 24.8 Å². The predicted octanol–water partition coefficient (Wildman–Crippen LogP) is 1.18. The SMILES string of the molecule is CN(CCC(=O)O)C(=O)NCC1COC2(CCCCC2)O1. The van der Waals surface area contributed by atoms with Crippen LogP contribution in [0.25, 0.3) is 0 Å². The Morgan fingerprint density at radius 3 is 2.71 bits per heavy atom. The van der Waals surface area contributed by atoms with Gasteiger partial charge in [0.25, 0.3) is 0 Å². The number of hydrogen-bond acceptors (Lipinski definition) is 4. The molecule has 2 amide bonds. The van der Waals surface area contributed by atoms with Gasteiger partial charge in [-0.25, -0.2) is 4.79 Å². The fourth-order valence-electron chi connectivity index (χ4n) is 2.77. The summed E-state index contributed by atoms with van der Waals surface area (Å²) in [5, 5.41) is 11.4. The zero-order valence-electron chi connectivity index (χ0n) is 12.5. The molecule has 1 heterocycles. The van der Waals surface area contributed by atoms with E-state index >= 15 is 0 Å². The van der Waals surface area contributed by atoms with E-state index in [1.54, 1.807) is 7.05 Å². The zero-order valence-corrected chi connectivity index (χ0v) is 12.5. The molecule has 2 rings (SSSR count). The maximum absolute atomic E-state index is 11.8. The van der Waals surface area contributed by atoms with Crippen LogP contribution in [0.15, 0.2) is 0 Å². The van der Waals surface area contributed by atoms with E-state index in [0.29, 0.717) is 13.2 Å². The van der Waals surface area contributed by atoms with Gasteiger partial charge in [-0.3, -0.25) is 4.79 Å². The van der Waals surface area contributed by atoms with Crippen molar-refractivity contribution in [3.63, 3.8) is 0 Å². The van der Waals surface area contributed by atoms with E-state index in [1.165, 1.54) is 11.3 Å². The Hall–Kier alpha value is -1.34. The highest BCUT2D eigenvalue weighted by Gasteiger charge is 2.42. The first-order valence-corrected chi connectivity index (χ1v) is 7.53. The summed E-state index contributed by atoms with van der Waals surface area (Å²) in [5.74, 6) is -1.34. The van der Waals surface area contributed by atoms with Gasteiger partial charge in [-0.15, -0.1) is 0 Å². The third-order valence-corrected chi connectivity index (χ3v) is 4.02. The first-order chi connectivity index (χ1) is 10.0. The number of nitrogens with one attached hydrogen (secondary N) is 1. The van der Waals surface area contributed by atoms with Gasteiger partial charge in [0, 0.05) is 33.0 Å². The Balaban J connectivity index is 1.69. The molecule has 1 aliphatic carbocycles. The van der Waals surface area contributed by atoms with Crippen molar-refractivity contribution in [3.05, 3.63) is 0 Å². The largest absolute Gasteiger partial charge is 0.481 e. The molecule has 0 bridgehead atoms. The summed E-state index contributed by atoms with van der Waals surface area (Å²) in [6.07, 6.45) is 5.14. The summed E-state index contributed by atoms with van der Waals surface area (Å²) < 4.78 is 11.8. The lowest BCUT2D eigenvalue weighted by atomic mass is 9.94. The van der Waals surface area contributed by atoms with Gasteiger partial charge in [0.15, 0.2) is 5.79 Å². The summed E-state index contributed by atoms with van der Waals surface area (Å²) >= 11 is 0.